The number of nitrogens with two attached hydrogens (primary N) is 1. The second kappa shape index (κ2) is 6.69. The van der Waals surface area contributed by atoms with Crippen molar-refractivity contribution in [1.82, 2.24) is 4.57 Å². The van der Waals surface area contributed by atoms with E-state index in [2.05, 4.69) is 35.8 Å². The number of rotatable bonds is 3. The Morgan fingerprint density at radius 3 is 2.59 bits per heavy atom. The Morgan fingerprint density at radius 1 is 1.03 bits per heavy atom. The summed E-state index contributed by atoms with van der Waals surface area (Å²) in [6, 6.07) is 14.6. The molecule has 1 aromatic heterocycles. The van der Waals surface area contributed by atoms with Gasteiger partial charge in [-0.05, 0) is 55.5 Å². The molecule has 0 bridgehead atoms. The van der Waals surface area contributed by atoms with Crippen LogP contribution in [0.15, 0.2) is 42.5 Å². The van der Waals surface area contributed by atoms with E-state index in [9.17, 15) is 4.79 Å². The van der Waals surface area contributed by atoms with Gasteiger partial charge in [0.1, 0.15) is 13.2 Å². The molecule has 2 heterocycles. The van der Waals surface area contributed by atoms with Gasteiger partial charge in [-0.2, -0.15) is 0 Å². The highest BCUT2D eigenvalue weighted by molar-refractivity contribution is 6.02. The third-order valence-electron chi connectivity index (χ3n) is 6.19. The number of hydrogen-bond donors (Lipinski definition) is 1. The van der Waals surface area contributed by atoms with Crippen molar-refractivity contribution in [3.05, 3.63) is 70.5 Å². The summed E-state index contributed by atoms with van der Waals surface area (Å²) in [5, 5.41) is 0. The molecule has 5 heteroatoms. The standard InChI is InChI=1S/C24H24N2O3/c1-14-22(17-8-10-20-21(13-17)29-12-11-28-20)23(24(25)27)15(2)26(14)19-9-7-16-5-3-4-6-18(16)19/h3-6,8,10,13,19H,7,9,11-12H2,1-2H3,(H2,25,27). The number of aryl methyl sites for hydroxylation is 1. The van der Waals surface area contributed by atoms with Gasteiger partial charge in [-0.25, -0.2) is 0 Å². The number of carbonyl (C=O) groups is 1. The van der Waals surface area contributed by atoms with E-state index < -0.39 is 5.91 Å². The molecule has 0 saturated heterocycles. The fraction of sp³-hybridized carbons (Fsp3) is 0.292. The number of fused-ring (bicyclic) bond motifs is 2. The normalized spacial score (nSPS) is 17.2. The van der Waals surface area contributed by atoms with Gasteiger partial charge in [0.2, 0.25) is 0 Å². The van der Waals surface area contributed by atoms with Crippen LogP contribution in [-0.4, -0.2) is 23.7 Å². The molecule has 0 fully saturated rings. The molecule has 148 valence electrons. The van der Waals surface area contributed by atoms with Crippen LogP contribution in [0.2, 0.25) is 0 Å². The molecule has 0 saturated carbocycles. The fourth-order valence-corrected chi connectivity index (χ4v) is 4.98. The van der Waals surface area contributed by atoms with E-state index in [1.165, 1.54) is 11.1 Å². The average Bonchev–Trinajstić information content (AvgIpc) is 3.25. The van der Waals surface area contributed by atoms with Crippen molar-refractivity contribution in [3.63, 3.8) is 0 Å². The topological polar surface area (TPSA) is 66.5 Å². The van der Waals surface area contributed by atoms with Crippen molar-refractivity contribution < 1.29 is 14.3 Å². The monoisotopic (exact) mass is 388 g/mol. The molecule has 3 aromatic rings. The van der Waals surface area contributed by atoms with Crippen LogP contribution in [0.1, 0.15) is 45.3 Å². The summed E-state index contributed by atoms with van der Waals surface area (Å²) in [5.74, 6) is 1.04. The minimum absolute atomic E-state index is 0.218. The number of aromatic nitrogens is 1. The molecule has 2 N–H and O–H groups in total. The molecule has 0 spiro atoms. The van der Waals surface area contributed by atoms with Gasteiger partial charge >= 0.3 is 0 Å². The number of carbonyl (C=O) groups excluding carboxylic acids is 1. The molecular formula is C24H24N2O3. The molecule has 1 aliphatic heterocycles. The number of hydrogen-bond acceptors (Lipinski definition) is 3. The lowest BCUT2D eigenvalue weighted by Gasteiger charge is -2.20. The highest BCUT2D eigenvalue weighted by atomic mass is 16.6. The highest BCUT2D eigenvalue weighted by Crippen LogP contribution is 2.43. The minimum atomic E-state index is -0.402. The van der Waals surface area contributed by atoms with Crippen LogP contribution in [-0.2, 0) is 6.42 Å². The predicted octanol–water partition coefficient (Wildman–Crippen LogP) is 4.18. The molecule has 1 atom stereocenters. The van der Waals surface area contributed by atoms with Gasteiger partial charge in [0.15, 0.2) is 11.5 Å². The number of benzene rings is 2. The van der Waals surface area contributed by atoms with Crippen molar-refractivity contribution in [1.29, 1.82) is 0 Å². The van der Waals surface area contributed by atoms with Crippen molar-refractivity contribution >= 4 is 5.91 Å². The molecule has 2 aliphatic rings. The second-order valence-corrected chi connectivity index (χ2v) is 7.77. The molecule has 29 heavy (non-hydrogen) atoms. The van der Waals surface area contributed by atoms with Gasteiger partial charge in [-0.3, -0.25) is 4.79 Å². The lowest BCUT2D eigenvalue weighted by molar-refractivity contribution is 0.1000. The van der Waals surface area contributed by atoms with Crippen molar-refractivity contribution in [3.8, 4) is 22.6 Å². The van der Waals surface area contributed by atoms with Crippen LogP contribution >= 0.6 is 0 Å². The van der Waals surface area contributed by atoms with Gasteiger partial charge in [-0.1, -0.05) is 30.3 Å². The van der Waals surface area contributed by atoms with E-state index in [0.717, 1.165) is 41.1 Å². The summed E-state index contributed by atoms with van der Waals surface area (Å²) in [5.41, 5.74) is 12.9. The van der Waals surface area contributed by atoms with Gasteiger partial charge < -0.3 is 19.8 Å². The summed E-state index contributed by atoms with van der Waals surface area (Å²) in [6.45, 7) is 5.15. The molecule has 1 aliphatic carbocycles. The van der Waals surface area contributed by atoms with E-state index in [4.69, 9.17) is 15.2 Å². The quantitative estimate of drug-likeness (QED) is 0.732. The number of ether oxygens (including phenoxy) is 2. The van der Waals surface area contributed by atoms with Crippen LogP contribution in [0, 0.1) is 13.8 Å². The first-order valence-corrected chi connectivity index (χ1v) is 10.0. The average molecular weight is 388 g/mol. The molecule has 5 rings (SSSR count). The van der Waals surface area contributed by atoms with E-state index in [1.807, 2.05) is 25.1 Å². The maximum absolute atomic E-state index is 12.5. The molecule has 1 unspecified atom stereocenters. The van der Waals surface area contributed by atoms with Crippen LogP contribution in [0.5, 0.6) is 11.5 Å². The summed E-state index contributed by atoms with van der Waals surface area (Å²) in [6.07, 6.45) is 2.07. The van der Waals surface area contributed by atoms with Gasteiger partial charge in [-0.15, -0.1) is 0 Å². The largest absolute Gasteiger partial charge is 0.486 e. The Labute approximate surface area is 170 Å². The fourth-order valence-electron chi connectivity index (χ4n) is 4.98. The Balaban J connectivity index is 1.70. The van der Waals surface area contributed by atoms with Crippen molar-refractivity contribution in [2.45, 2.75) is 32.7 Å². The summed E-state index contributed by atoms with van der Waals surface area (Å²) >= 11 is 0. The molecular weight excluding hydrogens is 364 g/mol. The van der Waals surface area contributed by atoms with E-state index in [0.29, 0.717) is 24.5 Å². The summed E-state index contributed by atoms with van der Waals surface area (Å²) in [4.78, 5) is 12.5. The third-order valence-corrected chi connectivity index (χ3v) is 6.19. The van der Waals surface area contributed by atoms with Crippen LogP contribution < -0.4 is 15.2 Å². The van der Waals surface area contributed by atoms with E-state index in [-0.39, 0.29) is 6.04 Å². The molecule has 0 radical (unpaired) electrons. The molecule has 1 amide bonds. The van der Waals surface area contributed by atoms with Gasteiger partial charge in [0.05, 0.1) is 11.6 Å². The number of nitrogens with zero attached hydrogens (tertiary/aromatic N) is 1. The summed E-state index contributed by atoms with van der Waals surface area (Å²) in [7, 11) is 0. The zero-order valence-corrected chi connectivity index (χ0v) is 16.7. The first-order valence-electron chi connectivity index (χ1n) is 10.0. The maximum atomic E-state index is 12.5. The van der Waals surface area contributed by atoms with Crippen molar-refractivity contribution in [2.24, 2.45) is 5.73 Å². The lowest BCUT2D eigenvalue weighted by atomic mass is 9.99. The SMILES string of the molecule is Cc1c(C(N)=O)c(-c2ccc3c(c2)OCCO3)c(C)n1C1CCc2ccccc21. The second-order valence-electron chi connectivity index (χ2n) is 7.77. The zero-order chi connectivity index (χ0) is 20.1. The number of primary amides is 1. The smallest absolute Gasteiger partial charge is 0.251 e. The first-order chi connectivity index (χ1) is 14.1. The van der Waals surface area contributed by atoms with E-state index >= 15 is 0 Å². The van der Waals surface area contributed by atoms with Crippen LogP contribution in [0.3, 0.4) is 0 Å². The molecule has 2 aromatic carbocycles. The van der Waals surface area contributed by atoms with Crippen LogP contribution in [0.4, 0.5) is 0 Å². The molecule has 5 nitrogen and oxygen atoms in total. The highest BCUT2D eigenvalue weighted by Gasteiger charge is 2.31. The Kier molecular flexibility index (Phi) is 4.12. The van der Waals surface area contributed by atoms with E-state index in [1.54, 1.807) is 0 Å². The zero-order valence-electron chi connectivity index (χ0n) is 16.7. The third kappa shape index (κ3) is 2.72. The minimum Gasteiger partial charge on any atom is -0.486 e. The maximum Gasteiger partial charge on any atom is 0.251 e. The van der Waals surface area contributed by atoms with Crippen LogP contribution in [0.25, 0.3) is 11.1 Å². The Bertz CT molecular complexity index is 1130. The lowest BCUT2D eigenvalue weighted by Crippen LogP contribution is -2.15. The predicted molar refractivity (Wildman–Crippen MR) is 112 cm³/mol. The Hall–Kier alpha value is -3.21. The van der Waals surface area contributed by atoms with Gasteiger partial charge in [0, 0.05) is 17.0 Å². The van der Waals surface area contributed by atoms with Crippen molar-refractivity contribution in [2.75, 3.05) is 13.2 Å². The first kappa shape index (κ1) is 17.9. The summed E-state index contributed by atoms with van der Waals surface area (Å²) < 4.78 is 13.7. The number of amides is 1. The van der Waals surface area contributed by atoms with Gasteiger partial charge in [0.25, 0.3) is 5.91 Å². The Morgan fingerprint density at radius 2 is 1.79 bits per heavy atom.